The third kappa shape index (κ3) is 4.04. The Bertz CT molecular complexity index is 1100. The van der Waals surface area contributed by atoms with Gasteiger partial charge in [-0.3, -0.25) is 4.79 Å². The molecule has 0 N–H and O–H groups in total. The Balaban J connectivity index is 1.64. The molecule has 1 fully saturated rings. The highest BCUT2D eigenvalue weighted by molar-refractivity contribution is 5.94. The molecule has 1 atom stereocenters. The number of aryl methyl sites for hydroxylation is 1. The smallest absolute Gasteiger partial charge is 0.336 e. The maximum absolute atomic E-state index is 12.6. The number of likely N-dealkylation sites (tertiary alicyclic amines) is 1. The molecule has 0 saturated carbocycles. The fourth-order valence-electron chi connectivity index (χ4n) is 3.94. The average molecular weight is 391 g/mol. The molecule has 0 radical (unpaired) electrons. The van der Waals surface area contributed by atoms with Crippen LogP contribution >= 0.6 is 0 Å². The Morgan fingerprint density at radius 2 is 1.79 bits per heavy atom. The van der Waals surface area contributed by atoms with Crippen LogP contribution in [0, 0.1) is 6.92 Å². The molecule has 2 aromatic carbocycles. The van der Waals surface area contributed by atoms with Gasteiger partial charge >= 0.3 is 5.63 Å². The number of rotatable bonds is 4. The van der Waals surface area contributed by atoms with Crippen molar-refractivity contribution in [2.45, 2.75) is 39.2 Å². The maximum atomic E-state index is 12.6. The van der Waals surface area contributed by atoms with Crippen molar-refractivity contribution in [3.05, 3.63) is 64.5 Å². The van der Waals surface area contributed by atoms with Gasteiger partial charge in [0.15, 0.2) is 6.10 Å². The van der Waals surface area contributed by atoms with Crippen molar-refractivity contribution in [1.29, 1.82) is 0 Å². The van der Waals surface area contributed by atoms with Crippen LogP contribution in [0.15, 0.2) is 57.7 Å². The summed E-state index contributed by atoms with van der Waals surface area (Å²) in [6.07, 6.45) is 2.67. The molecule has 1 saturated heterocycles. The van der Waals surface area contributed by atoms with Crippen LogP contribution in [0.25, 0.3) is 22.1 Å². The second-order valence-electron chi connectivity index (χ2n) is 7.60. The van der Waals surface area contributed by atoms with Gasteiger partial charge in [0, 0.05) is 36.2 Å². The van der Waals surface area contributed by atoms with Gasteiger partial charge in [0.25, 0.3) is 5.91 Å². The summed E-state index contributed by atoms with van der Waals surface area (Å²) in [5.74, 6) is 0.514. The number of nitrogens with zero attached hydrogens (tertiary/aromatic N) is 1. The van der Waals surface area contributed by atoms with Crippen LogP contribution in [-0.2, 0) is 4.79 Å². The standard InChI is InChI=1S/C24H25NO4/c1-16-8-4-5-9-19(16)21-15-23(26)29-22-14-18(10-11-20(21)22)28-17(2)24(27)25-12-6-3-7-13-25/h4-5,8-11,14-15,17H,3,6-7,12-13H2,1-2H3/t17-/m1/s1. The highest BCUT2D eigenvalue weighted by Crippen LogP contribution is 2.31. The first-order valence-electron chi connectivity index (χ1n) is 10.1. The van der Waals surface area contributed by atoms with Gasteiger partial charge in [-0.2, -0.15) is 0 Å². The SMILES string of the molecule is Cc1ccccc1-c1cc(=O)oc2cc(O[C@H](C)C(=O)N3CCCCC3)ccc12. The number of piperidine rings is 1. The van der Waals surface area contributed by atoms with E-state index in [2.05, 4.69) is 0 Å². The number of benzene rings is 2. The van der Waals surface area contributed by atoms with Gasteiger partial charge in [-0.15, -0.1) is 0 Å². The quantitative estimate of drug-likeness (QED) is 0.612. The van der Waals surface area contributed by atoms with Crippen LogP contribution in [0.2, 0.25) is 0 Å². The average Bonchev–Trinajstić information content (AvgIpc) is 2.73. The highest BCUT2D eigenvalue weighted by Gasteiger charge is 2.23. The van der Waals surface area contributed by atoms with Gasteiger partial charge in [-0.25, -0.2) is 4.79 Å². The number of carbonyl (C=O) groups is 1. The van der Waals surface area contributed by atoms with E-state index in [9.17, 15) is 9.59 Å². The fraction of sp³-hybridized carbons (Fsp3) is 0.333. The minimum absolute atomic E-state index is 0.0000827. The van der Waals surface area contributed by atoms with Gasteiger partial charge in [0.1, 0.15) is 11.3 Å². The number of hydrogen-bond acceptors (Lipinski definition) is 4. The Kier molecular flexibility index (Phi) is 5.38. The van der Waals surface area contributed by atoms with E-state index in [1.807, 2.05) is 48.2 Å². The van der Waals surface area contributed by atoms with Crippen LogP contribution in [-0.4, -0.2) is 30.0 Å². The van der Waals surface area contributed by atoms with E-state index in [0.717, 1.165) is 48.0 Å². The number of fused-ring (bicyclic) bond motifs is 1. The topological polar surface area (TPSA) is 59.8 Å². The molecule has 5 heteroatoms. The lowest BCUT2D eigenvalue weighted by Gasteiger charge is -2.29. The predicted molar refractivity (Wildman–Crippen MR) is 113 cm³/mol. The minimum atomic E-state index is -0.586. The number of carbonyl (C=O) groups excluding carboxylic acids is 1. The highest BCUT2D eigenvalue weighted by atomic mass is 16.5. The first-order valence-corrected chi connectivity index (χ1v) is 10.1. The van der Waals surface area contributed by atoms with Crippen molar-refractivity contribution in [3.8, 4) is 16.9 Å². The second-order valence-corrected chi connectivity index (χ2v) is 7.60. The number of ether oxygens (including phenoxy) is 1. The number of hydrogen-bond donors (Lipinski definition) is 0. The predicted octanol–water partition coefficient (Wildman–Crippen LogP) is 4.55. The lowest BCUT2D eigenvalue weighted by molar-refractivity contribution is -0.138. The molecule has 1 amide bonds. The third-order valence-corrected chi connectivity index (χ3v) is 5.48. The van der Waals surface area contributed by atoms with Gasteiger partial charge in [0.05, 0.1) is 0 Å². The lowest BCUT2D eigenvalue weighted by atomic mass is 9.98. The molecule has 150 valence electrons. The zero-order chi connectivity index (χ0) is 20.4. The zero-order valence-corrected chi connectivity index (χ0v) is 16.8. The summed E-state index contributed by atoms with van der Waals surface area (Å²) < 4.78 is 11.3. The summed E-state index contributed by atoms with van der Waals surface area (Å²) in [7, 11) is 0. The van der Waals surface area contributed by atoms with E-state index in [1.165, 1.54) is 12.5 Å². The van der Waals surface area contributed by atoms with Gasteiger partial charge in [-0.1, -0.05) is 24.3 Å². The molecule has 0 aliphatic carbocycles. The van der Waals surface area contributed by atoms with Crippen molar-refractivity contribution >= 4 is 16.9 Å². The van der Waals surface area contributed by atoms with Gasteiger partial charge in [-0.05, 0) is 56.4 Å². The molecule has 0 bridgehead atoms. The maximum Gasteiger partial charge on any atom is 0.336 e. The van der Waals surface area contributed by atoms with Crippen molar-refractivity contribution in [2.75, 3.05) is 13.1 Å². The Morgan fingerprint density at radius 1 is 1.03 bits per heavy atom. The lowest BCUT2D eigenvalue weighted by Crippen LogP contribution is -2.43. The van der Waals surface area contributed by atoms with E-state index < -0.39 is 11.7 Å². The van der Waals surface area contributed by atoms with E-state index in [4.69, 9.17) is 9.15 Å². The van der Waals surface area contributed by atoms with E-state index in [0.29, 0.717) is 11.3 Å². The number of amides is 1. The Labute approximate surface area is 169 Å². The summed E-state index contributed by atoms with van der Waals surface area (Å²) in [5, 5.41) is 0.835. The van der Waals surface area contributed by atoms with Crippen molar-refractivity contribution in [2.24, 2.45) is 0 Å². The molecule has 1 aliphatic heterocycles. The zero-order valence-electron chi connectivity index (χ0n) is 16.8. The summed E-state index contributed by atoms with van der Waals surface area (Å²) in [4.78, 5) is 26.7. The Morgan fingerprint density at radius 3 is 2.55 bits per heavy atom. The normalized spacial score (nSPS) is 15.3. The molecule has 4 rings (SSSR count). The monoisotopic (exact) mass is 391 g/mol. The van der Waals surface area contributed by atoms with Gasteiger partial charge < -0.3 is 14.1 Å². The van der Waals surface area contributed by atoms with Crippen LogP contribution in [0.3, 0.4) is 0 Å². The molecule has 2 heterocycles. The minimum Gasteiger partial charge on any atom is -0.481 e. The Hall–Kier alpha value is -3.08. The van der Waals surface area contributed by atoms with Crippen molar-refractivity contribution in [1.82, 2.24) is 4.90 Å². The molecule has 0 unspecified atom stereocenters. The van der Waals surface area contributed by atoms with Crippen LogP contribution in [0.1, 0.15) is 31.7 Å². The van der Waals surface area contributed by atoms with Gasteiger partial charge in [0.2, 0.25) is 0 Å². The molecule has 3 aromatic rings. The van der Waals surface area contributed by atoms with Crippen LogP contribution < -0.4 is 10.4 Å². The molecule has 1 aromatic heterocycles. The van der Waals surface area contributed by atoms with Crippen molar-refractivity contribution < 1.29 is 13.9 Å². The molecule has 29 heavy (non-hydrogen) atoms. The molecule has 5 nitrogen and oxygen atoms in total. The van der Waals surface area contributed by atoms with E-state index in [1.54, 1.807) is 13.0 Å². The van der Waals surface area contributed by atoms with Crippen LogP contribution in [0.5, 0.6) is 5.75 Å². The van der Waals surface area contributed by atoms with E-state index >= 15 is 0 Å². The fourth-order valence-corrected chi connectivity index (χ4v) is 3.94. The van der Waals surface area contributed by atoms with Crippen molar-refractivity contribution in [3.63, 3.8) is 0 Å². The first kappa shape index (κ1) is 19.2. The summed E-state index contributed by atoms with van der Waals surface area (Å²) in [5.41, 5.74) is 2.95. The first-order chi connectivity index (χ1) is 14.0. The summed E-state index contributed by atoms with van der Waals surface area (Å²) >= 11 is 0. The molecular formula is C24H25NO4. The van der Waals surface area contributed by atoms with Crippen LogP contribution in [0.4, 0.5) is 0 Å². The summed E-state index contributed by atoms with van der Waals surface area (Å²) in [6.45, 7) is 5.36. The molecule has 0 spiro atoms. The molecular weight excluding hydrogens is 366 g/mol. The van der Waals surface area contributed by atoms with E-state index in [-0.39, 0.29) is 5.91 Å². The molecule has 1 aliphatic rings. The third-order valence-electron chi connectivity index (χ3n) is 5.48. The second kappa shape index (κ2) is 8.11. The largest absolute Gasteiger partial charge is 0.481 e. The summed E-state index contributed by atoms with van der Waals surface area (Å²) in [6, 6.07) is 14.9.